The second-order valence-electron chi connectivity index (χ2n) is 4.14. The Kier molecular flexibility index (Phi) is 4.28. The summed E-state index contributed by atoms with van der Waals surface area (Å²) in [5.74, 6) is -2.62. The molecule has 1 aliphatic rings. The maximum absolute atomic E-state index is 13.6. The van der Waals surface area contributed by atoms with Crippen LogP contribution >= 0.6 is 11.6 Å². The first-order chi connectivity index (χ1) is 9.34. The van der Waals surface area contributed by atoms with Crippen LogP contribution < -0.4 is 0 Å². The number of hydroxylamine groups is 1. The number of hydrogen-bond acceptors (Lipinski definition) is 4. The number of aromatic carboxylic acids is 1. The Labute approximate surface area is 119 Å². The predicted molar refractivity (Wildman–Crippen MR) is 67.4 cm³/mol. The summed E-state index contributed by atoms with van der Waals surface area (Å²) >= 11 is 5.50. The van der Waals surface area contributed by atoms with Gasteiger partial charge in [-0.3, -0.25) is 4.84 Å². The molecular formula is C11H11ClFNO5S. The summed E-state index contributed by atoms with van der Waals surface area (Å²) in [6, 6.07) is 1.50. The Morgan fingerprint density at radius 3 is 2.65 bits per heavy atom. The minimum Gasteiger partial charge on any atom is -0.478 e. The fourth-order valence-corrected chi connectivity index (χ4v) is 3.28. The average molecular weight is 324 g/mol. The number of benzene rings is 1. The van der Waals surface area contributed by atoms with Crippen molar-refractivity contribution in [1.29, 1.82) is 0 Å². The Morgan fingerprint density at radius 2 is 2.10 bits per heavy atom. The molecule has 0 unspecified atom stereocenters. The van der Waals surface area contributed by atoms with Gasteiger partial charge in [-0.1, -0.05) is 16.1 Å². The van der Waals surface area contributed by atoms with E-state index in [0.29, 0.717) is 12.5 Å². The molecule has 0 amide bonds. The van der Waals surface area contributed by atoms with Crippen molar-refractivity contribution in [2.45, 2.75) is 17.7 Å². The molecule has 1 saturated heterocycles. The van der Waals surface area contributed by atoms with Crippen molar-refractivity contribution < 1.29 is 27.5 Å². The zero-order valence-electron chi connectivity index (χ0n) is 10.2. The maximum atomic E-state index is 13.6. The molecule has 2 rings (SSSR count). The highest BCUT2D eigenvalue weighted by Gasteiger charge is 2.30. The van der Waals surface area contributed by atoms with E-state index in [4.69, 9.17) is 21.5 Å². The van der Waals surface area contributed by atoms with Gasteiger partial charge in [-0.05, 0) is 25.0 Å². The van der Waals surface area contributed by atoms with E-state index in [1.807, 2.05) is 0 Å². The van der Waals surface area contributed by atoms with E-state index in [1.165, 1.54) is 0 Å². The lowest BCUT2D eigenvalue weighted by molar-refractivity contribution is -0.108. The van der Waals surface area contributed by atoms with Crippen molar-refractivity contribution in [3.05, 3.63) is 28.5 Å². The SMILES string of the molecule is O=C(O)c1cc(S(=O)(=O)N2CCCCO2)cc(F)c1Cl. The van der Waals surface area contributed by atoms with E-state index in [1.54, 1.807) is 0 Å². The molecule has 1 N–H and O–H groups in total. The third-order valence-corrected chi connectivity index (χ3v) is 4.81. The summed E-state index contributed by atoms with van der Waals surface area (Å²) in [6.07, 6.45) is 1.34. The third kappa shape index (κ3) is 2.78. The Balaban J connectivity index is 2.49. The van der Waals surface area contributed by atoms with Crippen LogP contribution in [0.4, 0.5) is 4.39 Å². The van der Waals surface area contributed by atoms with Gasteiger partial charge in [-0.25, -0.2) is 17.6 Å². The number of nitrogens with zero attached hydrogens (tertiary/aromatic N) is 1. The molecule has 0 aromatic heterocycles. The molecule has 1 fully saturated rings. The van der Waals surface area contributed by atoms with Gasteiger partial charge in [0.15, 0.2) is 0 Å². The summed E-state index contributed by atoms with van der Waals surface area (Å²) in [4.78, 5) is 15.4. The number of halogens is 2. The molecule has 0 spiro atoms. The third-order valence-electron chi connectivity index (χ3n) is 2.77. The van der Waals surface area contributed by atoms with Crippen molar-refractivity contribution in [1.82, 2.24) is 4.47 Å². The molecule has 0 atom stereocenters. The minimum absolute atomic E-state index is 0.134. The van der Waals surface area contributed by atoms with Crippen LogP contribution in [0.1, 0.15) is 23.2 Å². The monoisotopic (exact) mass is 323 g/mol. The van der Waals surface area contributed by atoms with Crippen molar-refractivity contribution in [2.24, 2.45) is 0 Å². The summed E-state index contributed by atoms with van der Waals surface area (Å²) in [6.45, 7) is 0.371. The van der Waals surface area contributed by atoms with Crippen molar-refractivity contribution >= 4 is 27.6 Å². The Hall–Kier alpha value is -1.22. The molecule has 1 heterocycles. The quantitative estimate of drug-likeness (QED) is 0.918. The van der Waals surface area contributed by atoms with Crippen LogP contribution in [0.5, 0.6) is 0 Å². The van der Waals surface area contributed by atoms with Gasteiger partial charge in [-0.2, -0.15) is 0 Å². The lowest BCUT2D eigenvalue weighted by atomic mass is 10.2. The van der Waals surface area contributed by atoms with Gasteiger partial charge in [0.1, 0.15) is 5.82 Å². The fraction of sp³-hybridized carbons (Fsp3) is 0.364. The highest BCUT2D eigenvalue weighted by molar-refractivity contribution is 7.89. The summed E-state index contributed by atoms with van der Waals surface area (Å²) in [5.41, 5.74) is -0.609. The van der Waals surface area contributed by atoms with Gasteiger partial charge in [0.2, 0.25) is 0 Å². The molecule has 1 aliphatic heterocycles. The first-order valence-electron chi connectivity index (χ1n) is 5.72. The van der Waals surface area contributed by atoms with Crippen molar-refractivity contribution in [3.63, 3.8) is 0 Å². The van der Waals surface area contributed by atoms with Crippen LogP contribution in [0.3, 0.4) is 0 Å². The molecule has 0 aliphatic carbocycles. The molecule has 110 valence electrons. The molecule has 1 aromatic rings. The molecule has 6 nitrogen and oxygen atoms in total. The molecule has 0 bridgehead atoms. The zero-order valence-corrected chi connectivity index (χ0v) is 11.7. The molecule has 0 saturated carbocycles. The minimum atomic E-state index is -4.11. The topological polar surface area (TPSA) is 83.9 Å². The fourth-order valence-electron chi connectivity index (χ4n) is 1.75. The summed E-state index contributed by atoms with van der Waals surface area (Å²) in [7, 11) is -4.11. The molecule has 9 heteroatoms. The highest BCUT2D eigenvalue weighted by Crippen LogP contribution is 2.27. The second kappa shape index (κ2) is 5.65. The van der Waals surface area contributed by atoms with Crippen LogP contribution in [-0.4, -0.2) is 37.1 Å². The van der Waals surface area contributed by atoms with Crippen LogP contribution in [0, 0.1) is 5.82 Å². The van der Waals surface area contributed by atoms with Crippen molar-refractivity contribution in [2.75, 3.05) is 13.2 Å². The van der Waals surface area contributed by atoms with E-state index in [0.717, 1.165) is 17.0 Å². The molecule has 20 heavy (non-hydrogen) atoms. The van der Waals surface area contributed by atoms with Crippen LogP contribution in [0.25, 0.3) is 0 Å². The van der Waals surface area contributed by atoms with E-state index in [2.05, 4.69) is 0 Å². The standard InChI is InChI=1S/C11H11ClFNO5S/c12-10-8(11(15)16)5-7(6-9(10)13)20(17,18)14-3-1-2-4-19-14/h5-6H,1-4H2,(H,15,16). The Bertz CT molecular complexity index is 642. The number of rotatable bonds is 3. The van der Waals surface area contributed by atoms with Crippen LogP contribution in [0.2, 0.25) is 5.02 Å². The number of sulfonamides is 1. The van der Waals surface area contributed by atoms with Gasteiger partial charge in [0.25, 0.3) is 10.0 Å². The number of carboxylic acids is 1. The molecule has 1 aromatic carbocycles. The van der Waals surface area contributed by atoms with E-state index >= 15 is 0 Å². The smallest absolute Gasteiger partial charge is 0.337 e. The van der Waals surface area contributed by atoms with Crippen molar-refractivity contribution in [3.8, 4) is 0 Å². The van der Waals surface area contributed by atoms with E-state index in [-0.39, 0.29) is 13.2 Å². The number of carboxylic acid groups (broad SMARTS) is 1. The van der Waals surface area contributed by atoms with E-state index in [9.17, 15) is 17.6 Å². The first-order valence-corrected chi connectivity index (χ1v) is 7.54. The van der Waals surface area contributed by atoms with Gasteiger partial charge < -0.3 is 5.11 Å². The predicted octanol–water partition coefficient (Wildman–Crippen LogP) is 1.89. The number of hydrogen-bond donors (Lipinski definition) is 1. The van der Waals surface area contributed by atoms with Gasteiger partial charge in [0, 0.05) is 6.54 Å². The van der Waals surface area contributed by atoms with E-state index < -0.39 is 37.3 Å². The summed E-state index contributed by atoms with van der Waals surface area (Å²) < 4.78 is 38.8. The molecule has 0 radical (unpaired) electrons. The maximum Gasteiger partial charge on any atom is 0.337 e. The Morgan fingerprint density at radius 1 is 1.40 bits per heavy atom. The highest BCUT2D eigenvalue weighted by atomic mass is 35.5. The summed E-state index contributed by atoms with van der Waals surface area (Å²) in [5, 5.41) is 8.27. The second-order valence-corrected chi connectivity index (χ2v) is 6.35. The zero-order chi connectivity index (χ0) is 14.9. The van der Waals surface area contributed by atoms with Crippen LogP contribution in [-0.2, 0) is 14.9 Å². The first kappa shape index (κ1) is 15.2. The van der Waals surface area contributed by atoms with Gasteiger partial charge in [0.05, 0.1) is 22.1 Å². The van der Waals surface area contributed by atoms with Gasteiger partial charge >= 0.3 is 5.97 Å². The van der Waals surface area contributed by atoms with Gasteiger partial charge in [-0.15, -0.1) is 0 Å². The largest absolute Gasteiger partial charge is 0.478 e. The lowest BCUT2D eigenvalue weighted by Crippen LogP contribution is -2.35. The van der Waals surface area contributed by atoms with Crippen LogP contribution in [0.15, 0.2) is 17.0 Å². The average Bonchev–Trinajstić information content (AvgIpc) is 2.42. The molecular weight excluding hydrogens is 313 g/mol. The number of carbonyl (C=O) groups is 1. The lowest BCUT2D eigenvalue weighted by Gasteiger charge is -2.25. The normalized spacial score (nSPS) is 17.1.